The van der Waals surface area contributed by atoms with Gasteiger partial charge in [-0.2, -0.15) is 0 Å². The van der Waals surface area contributed by atoms with Crippen LogP contribution in [0, 0.1) is 0 Å². The van der Waals surface area contributed by atoms with Crippen molar-refractivity contribution in [2.45, 2.75) is 26.3 Å². The van der Waals surface area contributed by atoms with Crippen molar-refractivity contribution < 1.29 is 9.59 Å². The van der Waals surface area contributed by atoms with Crippen molar-refractivity contribution in [3.8, 4) is 0 Å². The molecule has 1 heterocycles. The number of carbonyl (C=O) groups excluding carboxylic acids is 2. The van der Waals surface area contributed by atoms with Crippen LogP contribution in [0.15, 0.2) is 54.7 Å². The number of hydrogen-bond donors (Lipinski definition) is 2. The summed E-state index contributed by atoms with van der Waals surface area (Å²) in [4.78, 5) is 27.4. The Morgan fingerprint density at radius 1 is 1.12 bits per heavy atom. The zero-order valence-electron chi connectivity index (χ0n) is 13.7. The number of rotatable bonds is 7. The average molecular weight is 323 g/mol. The van der Waals surface area contributed by atoms with E-state index in [2.05, 4.69) is 15.6 Å². The quantitative estimate of drug-likeness (QED) is 0.769. The van der Waals surface area contributed by atoms with E-state index in [9.17, 15) is 9.59 Å². The third-order valence-electron chi connectivity index (χ3n) is 3.27. The Labute approximate surface area is 141 Å². The Hall–Kier alpha value is -2.95. The van der Waals surface area contributed by atoms with Gasteiger partial charge in [0.15, 0.2) is 0 Å². The maximum Gasteiger partial charge on any atom is 0.244 e. The van der Waals surface area contributed by atoms with E-state index in [-0.39, 0.29) is 11.8 Å². The van der Waals surface area contributed by atoms with Crippen LogP contribution in [-0.4, -0.2) is 16.8 Å². The molecule has 5 nitrogen and oxygen atoms in total. The van der Waals surface area contributed by atoms with Crippen LogP contribution in [0.4, 0.5) is 5.69 Å². The number of amides is 2. The van der Waals surface area contributed by atoms with Crippen molar-refractivity contribution in [3.63, 3.8) is 0 Å². The van der Waals surface area contributed by atoms with Crippen LogP contribution in [0.25, 0.3) is 6.08 Å². The fourth-order valence-electron chi connectivity index (χ4n) is 2.04. The second-order valence-corrected chi connectivity index (χ2v) is 5.30. The zero-order valence-corrected chi connectivity index (χ0v) is 13.7. The number of benzene rings is 1. The molecule has 0 saturated heterocycles. The summed E-state index contributed by atoms with van der Waals surface area (Å²) in [6.45, 7) is 2.39. The smallest absolute Gasteiger partial charge is 0.244 e. The molecule has 0 radical (unpaired) electrons. The highest BCUT2D eigenvalue weighted by Crippen LogP contribution is 2.10. The third kappa shape index (κ3) is 6.04. The molecule has 0 aliphatic carbocycles. The van der Waals surface area contributed by atoms with Crippen LogP contribution < -0.4 is 10.6 Å². The van der Waals surface area contributed by atoms with Crippen LogP contribution >= 0.6 is 0 Å². The van der Waals surface area contributed by atoms with Crippen LogP contribution in [0.2, 0.25) is 0 Å². The summed E-state index contributed by atoms with van der Waals surface area (Å²) in [6, 6.07) is 12.9. The van der Waals surface area contributed by atoms with Gasteiger partial charge < -0.3 is 10.6 Å². The number of nitrogens with one attached hydrogen (secondary N) is 2. The summed E-state index contributed by atoms with van der Waals surface area (Å²) >= 11 is 0. The standard InChI is InChI=1S/C19H21N3O2/c1-2-5-19(24)22-17-9-7-15(8-10-17)14-21-18(23)12-11-16-6-3-4-13-20-16/h3-4,6-13H,2,5,14H2,1H3,(H,21,23)(H,22,24)/b12-11+. The van der Waals surface area contributed by atoms with Gasteiger partial charge in [0, 0.05) is 30.9 Å². The second kappa shape index (κ2) is 9.25. The van der Waals surface area contributed by atoms with Gasteiger partial charge in [0.1, 0.15) is 0 Å². The summed E-state index contributed by atoms with van der Waals surface area (Å²) in [5.74, 6) is -0.167. The lowest BCUT2D eigenvalue weighted by Crippen LogP contribution is -2.20. The van der Waals surface area contributed by atoms with E-state index in [4.69, 9.17) is 0 Å². The predicted molar refractivity (Wildman–Crippen MR) is 95.1 cm³/mol. The van der Waals surface area contributed by atoms with Crippen molar-refractivity contribution in [3.05, 3.63) is 66.0 Å². The summed E-state index contributed by atoms with van der Waals surface area (Å²) < 4.78 is 0. The van der Waals surface area contributed by atoms with Crippen LogP contribution in [0.1, 0.15) is 31.0 Å². The molecule has 2 amide bonds. The highest BCUT2D eigenvalue weighted by molar-refractivity contribution is 5.91. The van der Waals surface area contributed by atoms with Gasteiger partial charge in [-0.15, -0.1) is 0 Å². The van der Waals surface area contributed by atoms with Crippen molar-refractivity contribution >= 4 is 23.6 Å². The molecule has 5 heteroatoms. The van der Waals surface area contributed by atoms with E-state index >= 15 is 0 Å². The molecule has 0 saturated carbocycles. The summed E-state index contributed by atoms with van der Waals surface area (Å²) in [5.41, 5.74) is 2.46. The van der Waals surface area contributed by atoms with E-state index in [0.29, 0.717) is 13.0 Å². The number of pyridine rings is 1. The van der Waals surface area contributed by atoms with E-state index in [1.54, 1.807) is 12.3 Å². The van der Waals surface area contributed by atoms with Gasteiger partial charge in [0.05, 0.1) is 5.69 Å². The van der Waals surface area contributed by atoms with Gasteiger partial charge >= 0.3 is 0 Å². The van der Waals surface area contributed by atoms with E-state index in [1.165, 1.54) is 6.08 Å². The van der Waals surface area contributed by atoms with Gasteiger partial charge in [0.25, 0.3) is 0 Å². The van der Waals surface area contributed by atoms with Gasteiger partial charge in [-0.25, -0.2) is 0 Å². The van der Waals surface area contributed by atoms with E-state index < -0.39 is 0 Å². The number of aromatic nitrogens is 1. The number of carbonyl (C=O) groups is 2. The second-order valence-electron chi connectivity index (χ2n) is 5.30. The number of anilines is 1. The van der Waals surface area contributed by atoms with Crippen molar-refractivity contribution in [1.82, 2.24) is 10.3 Å². The summed E-state index contributed by atoms with van der Waals surface area (Å²) in [6.07, 6.45) is 6.14. The SMILES string of the molecule is CCCC(=O)Nc1ccc(CNC(=O)/C=C/c2ccccn2)cc1. The first kappa shape index (κ1) is 17.4. The van der Waals surface area contributed by atoms with Crippen molar-refractivity contribution in [2.24, 2.45) is 0 Å². The van der Waals surface area contributed by atoms with Crippen LogP contribution in [0.3, 0.4) is 0 Å². The monoisotopic (exact) mass is 323 g/mol. The molecule has 0 spiro atoms. The van der Waals surface area contributed by atoms with E-state index in [0.717, 1.165) is 23.4 Å². The minimum absolute atomic E-state index is 0.0122. The first-order chi connectivity index (χ1) is 11.7. The lowest BCUT2D eigenvalue weighted by atomic mass is 10.2. The molecule has 2 N–H and O–H groups in total. The first-order valence-corrected chi connectivity index (χ1v) is 7.93. The van der Waals surface area contributed by atoms with Gasteiger partial charge in [-0.1, -0.05) is 25.1 Å². The molecule has 124 valence electrons. The predicted octanol–water partition coefficient (Wildman–Crippen LogP) is 3.15. The Morgan fingerprint density at radius 3 is 2.58 bits per heavy atom. The summed E-state index contributed by atoms with van der Waals surface area (Å²) in [7, 11) is 0. The minimum atomic E-state index is -0.180. The molecule has 1 aromatic carbocycles. The van der Waals surface area contributed by atoms with Crippen molar-refractivity contribution in [1.29, 1.82) is 0 Å². The molecule has 1 aromatic heterocycles. The molecule has 0 atom stereocenters. The highest BCUT2D eigenvalue weighted by atomic mass is 16.2. The first-order valence-electron chi connectivity index (χ1n) is 7.93. The largest absolute Gasteiger partial charge is 0.348 e. The third-order valence-corrected chi connectivity index (χ3v) is 3.27. The lowest BCUT2D eigenvalue weighted by Gasteiger charge is -2.06. The molecule has 0 aliphatic heterocycles. The Morgan fingerprint density at radius 2 is 1.92 bits per heavy atom. The summed E-state index contributed by atoms with van der Waals surface area (Å²) in [5, 5.41) is 5.64. The van der Waals surface area contributed by atoms with Gasteiger partial charge in [-0.05, 0) is 42.3 Å². The van der Waals surface area contributed by atoms with Gasteiger partial charge in [-0.3, -0.25) is 14.6 Å². The fraction of sp³-hybridized carbons (Fsp3) is 0.211. The van der Waals surface area contributed by atoms with E-state index in [1.807, 2.05) is 49.4 Å². The maximum atomic E-state index is 11.8. The molecule has 0 aliphatic rings. The van der Waals surface area contributed by atoms with Crippen LogP contribution in [0.5, 0.6) is 0 Å². The molecule has 2 aromatic rings. The molecule has 0 bridgehead atoms. The molecular formula is C19H21N3O2. The molecule has 24 heavy (non-hydrogen) atoms. The molecule has 2 rings (SSSR count). The highest BCUT2D eigenvalue weighted by Gasteiger charge is 2.01. The van der Waals surface area contributed by atoms with Gasteiger partial charge in [0.2, 0.25) is 11.8 Å². The van der Waals surface area contributed by atoms with Crippen LogP contribution in [-0.2, 0) is 16.1 Å². The molecule has 0 fully saturated rings. The minimum Gasteiger partial charge on any atom is -0.348 e. The number of nitrogens with zero attached hydrogens (tertiary/aromatic N) is 1. The normalized spacial score (nSPS) is 10.5. The number of hydrogen-bond acceptors (Lipinski definition) is 3. The van der Waals surface area contributed by atoms with Crippen molar-refractivity contribution in [2.75, 3.05) is 5.32 Å². The Kier molecular flexibility index (Phi) is 6.71. The topological polar surface area (TPSA) is 71.1 Å². The lowest BCUT2D eigenvalue weighted by molar-refractivity contribution is -0.117. The maximum absolute atomic E-state index is 11.8. The average Bonchev–Trinajstić information content (AvgIpc) is 2.60. The molecular weight excluding hydrogens is 302 g/mol. The Balaban J connectivity index is 1.80. The molecule has 0 unspecified atom stereocenters. The zero-order chi connectivity index (χ0) is 17.2. The fourth-order valence-corrected chi connectivity index (χ4v) is 2.04. The Bertz CT molecular complexity index is 694.